The van der Waals surface area contributed by atoms with Crippen LogP contribution >= 0.6 is 0 Å². The Morgan fingerprint density at radius 3 is 2.56 bits per heavy atom. The Morgan fingerprint density at radius 2 is 1.85 bits per heavy atom. The van der Waals surface area contributed by atoms with E-state index < -0.39 is 17.7 Å². The summed E-state index contributed by atoms with van der Waals surface area (Å²) in [6.45, 7) is 4.39. The first-order valence-corrected chi connectivity index (χ1v) is 8.62. The van der Waals surface area contributed by atoms with Crippen molar-refractivity contribution in [3.05, 3.63) is 58.9 Å². The van der Waals surface area contributed by atoms with Gasteiger partial charge in [-0.3, -0.25) is 4.79 Å². The Balaban J connectivity index is 1.90. The normalized spacial score (nSPS) is 14.0. The number of hydrogen-bond donors (Lipinski definition) is 1. The number of benzene rings is 2. The number of anilines is 2. The number of rotatable bonds is 4. The zero-order valence-corrected chi connectivity index (χ0v) is 15.3. The summed E-state index contributed by atoms with van der Waals surface area (Å²) in [4.78, 5) is 26.9. The molecular formula is C20H21FN2O4. The number of aryl methyl sites for hydroxylation is 1. The fraction of sp³-hybridized carbons (Fsp3) is 0.300. The Kier molecular flexibility index (Phi) is 5.71. The third-order valence-electron chi connectivity index (χ3n) is 4.48. The topological polar surface area (TPSA) is 67.9 Å². The van der Waals surface area contributed by atoms with Crippen LogP contribution in [0.4, 0.5) is 15.8 Å². The van der Waals surface area contributed by atoms with Crippen molar-refractivity contribution in [2.24, 2.45) is 0 Å². The number of nitrogens with zero attached hydrogens (tertiary/aromatic N) is 1. The van der Waals surface area contributed by atoms with E-state index in [2.05, 4.69) is 10.2 Å². The number of nitrogens with one attached hydrogen (secondary N) is 1. The highest BCUT2D eigenvalue weighted by molar-refractivity contribution is 6.09. The molecule has 2 aromatic carbocycles. The van der Waals surface area contributed by atoms with Crippen molar-refractivity contribution in [3.8, 4) is 0 Å². The maximum absolute atomic E-state index is 13.5. The molecule has 1 saturated heterocycles. The molecule has 1 fully saturated rings. The molecule has 2 aromatic rings. The Bertz CT molecular complexity index is 863. The van der Waals surface area contributed by atoms with E-state index in [1.54, 1.807) is 19.1 Å². The second-order valence-electron chi connectivity index (χ2n) is 6.23. The van der Waals surface area contributed by atoms with Gasteiger partial charge in [0.2, 0.25) is 0 Å². The van der Waals surface area contributed by atoms with E-state index in [9.17, 15) is 14.0 Å². The van der Waals surface area contributed by atoms with Gasteiger partial charge < -0.3 is 19.7 Å². The van der Waals surface area contributed by atoms with E-state index in [0.717, 1.165) is 18.8 Å². The lowest BCUT2D eigenvalue weighted by Crippen LogP contribution is -2.36. The van der Waals surface area contributed by atoms with Crippen LogP contribution in [0, 0.1) is 12.7 Å². The van der Waals surface area contributed by atoms with Crippen molar-refractivity contribution in [1.29, 1.82) is 0 Å². The van der Waals surface area contributed by atoms with Crippen LogP contribution in [0.25, 0.3) is 0 Å². The SMILES string of the molecule is COC(=O)c1cc(N2CCOCC2)ccc1NC(=O)c1cc(F)ccc1C. The van der Waals surface area contributed by atoms with Crippen LogP contribution in [0.15, 0.2) is 36.4 Å². The summed E-state index contributed by atoms with van der Waals surface area (Å²) in [5, 5.41) is 2.69. The van der Waals surface area contributed by atoms with Gasteiger partial charge in [0.15, 0.2) is 0 Å². The molecular weight excluding hydrogens is 351 g/mol. The second-order valence-corrected chi connectivity index (χ2v) is 6.23. The van der Waals surface area contributed by atoms with E-state index in [0.29, 0.717) is 24.5 Å². The molecule has 1 aliphatic rings. The van der Waals surface area contributed by atoms with Gasteiger partial charge in [-0.05, 0) is 42.8 Å². The molecule has 1 aliphatic heterocycles. The summed E-state index contributed by atoms with van der Waals surface area (Å²) < 4.78 is 23.7. The number of ether oxygens (including phenoxy) is 2. The van der Waals surface area contributed by atoms with Crippen LogP contribution in [0.2, 0.25) is 0 Å². The Morgan fingerprint density at radius 1 is 1.11 bits per heavy atom. The third kappa shape index (κ3) is 4.25. The largest absolute Gasteiger partial charge is 0.465 e. The van der Waals surface area contributed by atoms with Crippen LogP contribution in [-0.2, 0) is 9.47 Å². The summed E-state index contributed by atoms with van der Waals surface area (Å²) in [5.41, 5.74) is 2.25. The monoisotopic (exact) mass is 372 g/mol. The fourth-order valence-corrected chi connectivity index (χ4v) is 2.97. The number of halogens is 1. The van der Waals surface area contributed by atoms with Crippen LogP contribution in [-0.4, -0.2) is 45.3 Å². The number of hydrogen-bond acceptors (Lipinski definition) is 5. The molecule has 0 atom stereocenters. The van der Waals surface area contributed by atoms with Crippen molar-refractivity contribution in [2.45, 2.75) is 6.92 Å². The number of morpholine rings is 1. The second kappa shape index (κ2) is 8.18. The summed E-state index contributed by atoms with van der Waals surface area (Å²) in [6.07, 6.45) is 0. The predicted octanol–water partition coefficient (Wildman–Crippen LogP) is 3.01. The minimum absolute atomic E-state index is 0.211. The minimum Gasteiger partial charge on any atom is -0.465 e. The highest BCUT2D eigenvalue weighted by Gasteiger charge is 2.19. The molecule has 0 aliphatic carbocycles. The van der Waals surface area contributed by atoms with Gasteiger partial charge in [0, 0.05) is 24.3 Å². The lowest BCUT2D eigenvalue weighted by atomic mass is 10.1. The van der Waals surface area contributed by atoms with Crippen molar-refractivity contribution < 1.29 is 23.5 Å². The van der Waals surface area contributed by atoms with E-state index in [-0.39, 0.29) is 11.1 Å². The molecule has 0 radical (unpaired) electrons. The van der Waals surface area contributed by atoms with Crippen molar-refractivity contribution >= 4 is 23.3 Å². The zero-order chi connectivity index (χ0) is 19.4. The summed E-state index contributed by atoms with van der Waals surface area (Å²) in [7, 11) is 1.28. The van der Waals surface area contributed by atoms with E-state index >= 15 is 0 Å². The fourth-order valence-electron chi connectivity index (χ4n) is 2.97. The summed E-state index contributed by atoms with van der Waals surface area (Å²) in [5.74, 6) is -1.55. The molecule has 27 heavy (non-hydrogen) atoms. The first-order chi connectivity index (χ1) is 13.0. The molecule has 6 nitrogen and oxygen atoms in total. The van der Waals surface area contributed by atoms with Gasteiger partial charge in [-0.25, -0.2) is 9.18 Å². The maximum Gasteiger partial charge on any atom is 0.340 e. The molecule has 1 N–H and O–H groups in total. The average Bonchev–Trinajstić information content (AvgIpc) is 2.70. The quantitative estimate of drug-likeness (QED) is 0.836. The lowest BCUT2D eigenvalue weighted by molar-refractivity contribution is 0.0602. The maximum atomic E-state index is 13.5. The van der Waals surface area contributed by atoms with Gasteiger partial charge in [0.25, 0.3) is 5.91 Å². The van der Waals surface area contributed by atoms with E-state index in [1.807, 2.05) is 6.07 Å². The number of methoxy groups -OCH3 is 1. The van der Waals surface area contributed by atoms with Crippen molar-refractivity contribution in [3.63, 3.8) is 0 Å². The first-order valence-electron chi connectivity index (χ1n) is 8.62. The van der Waals surface area contributed by atoms with Crippen LogP contribution in [0.3, 0.4) is 0 Å². The molecule has 1 heterocycles. The molecule has 1 amide bonds. The zero-order valence-electron chi connectivity index (χ0n) is 15.3. The summed E-state index contributed by atoms with van der Waals surface area (Å²) >= 11 is 0. The number of carbonyl (C=O) groups is 2. The Labute approximate surface area is 156 Å². The van der Waals surface area contributed by atoms with Crippen molar-refractivity contribution in [1.82, 2.24) is 0 Å². The predicted molar refractivity (Wildman–Crippen MR) is 99.9 cm³/mol. The van der Waals surface area contributed by atoms with Crippen molar-refractivity contribution in [2.75, 3.05) is 43.6 Å². The molecule has 0 bridgehead atoms. The van der Waals surface area contributed by atoms with Gasteiger partial charge >= 0.3 is 5.97 Å². The van der Waals surface area contributed by atoms with Crippen LogP contribution in [0.5, 0.6) is 0 Å². The molecule has 7 heteroatoms. The highest BCUT2D eigenvalue weighted by atomic mass is 19.1. The first kappa shape index (κ1) is 18.8. The average molecular weight is 372 g/mol. The molecule has 0 unspecified atom stereocenters. The highest BCUT2D eigenvalue weighted by Crippen LogP contribution is 2.26. The molecule has 0 spiro atoms. The van der Waals surface area contributed by atoms with Gasteiger partial charge in [0.05, 0.1) is 31.6 Å². The smallest absolute Gasteiger partial charge is 0.340 e. The molecule has 0 aromatic heterocycles. The molecule has 3 rings (SSSR count). The summed E-state index contributed by atoms with van der Waals surface area (Å²) in [6, 6.07) is 9.17. The van der Waals surface area contributed by atoms with E-state index in [1.165, 1.54) is 25.3 Å². The molecule has 142 valence electrons. The number of esters is 1. The van der Waals surface area contributed by atoms with Gasteiger partial charge in [0.1, 0.15) is 5.82 Å². The van der Waals surface area contributed by atoms with Crippen LogP contribution < -0.4 is 10.2 Å². The third-order valence-corrected chi connectivity index (χ3v) is 4.48. The number of carbonyl (C=O) groups excluding carboxylic acids is 2. The molecule has 0 saturated carbocycles. The van der Waals surface area contributed by atoms with Crippen LogP contribution in [0.1, 0.15) is 26.3 Å². The number of amides is 1. The standard InChI is InChI=1S/C20H21FN2O4/c1-13-3-4-14(21)11-16(13)19(24)22-18-6-5-15(12-17(18)20(25)26-2)23-7-9-27-10-8-23/h3-6,11-12H,7-10H2,1-2H3,(H,22,24). The van der Waals surface area contributed by atoms with Gasteiger partial charge in [-0.15, -0.1) is 0 Å². The van der Waals surface area contributed by atoms with Gasteiger partial charge in [-0.2, -0.15) is 0 Å². The van der Waals surface area contributed by atoms with Gasteiger partial charge in [-0.1, -0.05) is 6.07 Å². The Hall–Kier alpha value is -2.93. The van der Waals surface area contributed by atoms with E-state index in [4.69, 9.17) is 9.47 Å². The lowest BCUT2D eigenvalue weighted by Gasteiger charge is -2.29. The minimum atomic E-state index is -0.559.